The van der Waals surface area contributed by atoms with E-state index in [1.54, 1.807) is 0 Å². The second-order valence-corrected chi connectivity index (χ2v) is 6.25. The van der Waals surface area contributed by atoms with Crippen molar-refractivity contribution in [3.8, 4) is 0 Å². The van der Waals surface area contributed by atoms with Gasteiger partial charge in [-0.1, -0.05) is 39.3 Å². The van der Waals surface area contributed by atoms with Gasteiger partial charge >= 0.3 is 0 Å². The molecular formula is C15H24ClFN2. The Morgan fingerprint density at radius 2 is 1.68 bits per heavy atom. The molecule has 4 heteroatoms. The SMILES string of the molecule is CC(C)CCN(CCC(C)C)c1ncc(Cl)cc1F. The highest BCUT2D eigenvalue weighted by Crippen LogP contribution is 2.21. The van der Waals surface area contributed by atoms with Gasteiger partial charge in [0.15, 0.2) is 11.6 Å². The summed E-state index contributed by atoms with van der Waals surface area (Å²) in [4.78, 5) is 6.19. The third-order valence-electron chi connectivity index (χ3n) is 3.04. The van der Waals surface area contributed by atoms with E-state index in [0.717, 1.165) is 25.9 Å². The monoisotopic (exact) mass is 286 g/mol. The number of pyridine rings is 1. The number of aromatic nitrogens is 1. The molecule has 0 amide bonds. The first-order chi connectivity index (χ1) is 8.90. The molecule has 0 fully saturated rings. The van der Waals surface area contributed by atoms with E-state index in [2.05, 4.69) is 32.7 Å². The lowest BCUT2D eigenvalue weighted by Gasteiger charge is -2.25. The summed E-state index contributed by atoms with van der Waals surface area (Å²) < 4.78 is 14.0. The van der Waals surface area contributed by atoms with Crippen molar-refractivity contribution in [1.82, 2.24) is 4.98 Å². The molecule has 0 spiro atoms. The average molecular weight is 287 g/mol. The highest BCUT2D eigenvalue weighted by Gasteiger charge is 2.14. The lowest BCUT2D eigenvalue weighted by Crippen LogP contribution is -2.29. The Morgan fingerprint density at radius 3 is 2.11 bits per heavy atom. The zero-order valence-corrected chi connectivity index (χ0v) is 13.0. The molecule has 0 unspecified atom stereocenters. The van der Waals surface area contributed by atoms with Crippen molar-refractivity contribution < 1.29 is 4.39 Å². The van der Waals surface area contributed by atoms with Crippen LogP contribution in [0.1, 0.15) is 40.5 Å². The van der Waals surface area contributed by atoms with Crippen LogP contribution in [-0.2, 0) is 0 Å². The number of hydrogen-bond donors (Lipinski definition) is 0. The molecule has 1 aromatic rings. The third-order valence-corrected chi connectivity index (χ3v) is 3.25. The number of nitrogens with zero attached hydrogens (tertiary/aromatic N) is 2. The first-order valence-electron chi connectivity index (χ1n) is 6.96. The minimum Gasteiger partial charge on any atom is -0.354 e. The van der Waals surface area contributed by atoms with Crippen LogP contribution >= 0.6 is 11.6 Å². The van der Waals surface area contributed by atoms with Crippen molar-refractivity contribution in [2.24, 2.45) is 11.8 Å². The summed E-state index contributed by atoms with van der Waals surface area (Å²) in [6.07, 6.45) is 3.57. The molecule has 19 heavy (non-hydrogen) atoms. The smallest absolute Gasteiger partial charge is 0.167 e. The molecule has 1 rings (SSSR count). The topological polar surface area (TPSA) is 16.1 Å². The fourth-order valence-electron chi connectivity index (χ4n) is 1.79. The zero-order chi connectivity index (χ0) is 14.4. The van der Waals surface area contributed by atoms with Crippen molar-refractivity contribution in [2.75, 3.05) is 18.0 Å². The second-order valence-electron chi connectivity index (χ2n) is 5.81. The molecule has 0 N–H and O–H groups in total. The van der Waals surface area contributed by atoms with Crippen molar-refractivity contribution in [2.45, 2.75) is 40.5 Å². The van der Waals surface area contributed by atoms with Crippen LogP contribution in [0, 0.1) is 17.7 Å². The molecule has 2 nitrogen and oxygen atoms in total. The number of halogens is 2. The predicted molar refractivity (Wildman–Crippen MR) is 80.3 cm³/mol. The Balaban J connectivity index is 2.81. The normalized spacial score (nSPS) is 11.4. The maximum absolute atomic E-state index is 14.0. The number of rotatable bonds is 7. The van der Waals surface area contributed by atoms with E-state index in [-0.39, 0.29) is 5.82 Å². The maximum atomic E-state index is 14.0. The zero-order valence-electron chi connectivity index (χ0n) is 12.3. The Labute approximate surface area is 121 Å². The van der Waals surface area contributed by atoms with E-state index >= 15 is 0 Å². The molecule has 0 saturated carbocycles. The van der Waals surface area contributed by atoms with Crippen LogP contribution in [0.25, 0.3) is 0 Å². The molecule has 0 aliphatic rings. The molecule has 0 bridgehead atoms. The van der Waals surface area contributed by atoms with Crippen LogP contribution in [0.3, 0.4) is 0 Å². The molecular weight excluding hydrogens is 263 g/mol. The van der Waals surface area contributed by atoms with Crippen LogP contribution in [-0.4, -0.2) is 18.1 Å². The van der Waals surface area contributed by atoms with Crippen LogP contribution in [0.2, 0.25) is 5.02 Å². The highest BCUT2D eigenvalue weighted by molar-refractivity contribution is 6.30. The highest BCUT2D eigenvalue weighted by atomic mass is 35.5. The Kier molecular flexibility index (Phi) is 6.56. The third kappa shape index (κ3) is 5.77. The molecule has 0 radical (unpaired) electrons. The van der Waals surface area contributed by atoms with Gasteiger partial charge in [-0.05, 0) is 30.7 Å². The summed E-state index contributed by atoms with van der Waals surface area (Å²) in [6.45, 7) is 10.4. The molecule has 1 aromatic heterocycles. The Morgan fingerprint density at radius 1 is 1.16 bits per heavy atom. The standard InChI is InChI=1S/C15H24ClFN2/c1-11(2)5-7-19(8-6-12(3)4)15-14(17)9-13(16)10-18-15/h9-12H,5-8H2,1-4H3. The summed E-state index contributed by atoms with van der Waals surface area (Å²) in [6, 6.07) is 1.33. The van der Waals surface area contributed by atoms with Gasteiger partial charge in [0.05, 0.1) is 5.02 Å². The van der Waals surface area contributed by atoms with E-state index in [1.807, 2.05) is 4.90 Å². The first-order valence-corrected chi connectivity index (χ1v) is 7.34. The Bertz CT molecular complexity index is 382. The van der Waals surface area contributed by atoms with Gasteiger partial charge in [-0.25, -0.2) is 9.37 Å². The quantitative estimate of drug-likeness (QED) is 0.717. The van der Waals surface area contributed by atoms with Gasteiger partial charge in [0, 0.05) is 19.3 Å². The predicted octanol–water partition coefficient (Wildman–Crippen LogP) is 4.77. The number of anilines is 1. The minimum absolute atomic E-state index is 0.333. The maximum Gasteiger partial charge on any atom is 0.167 e. The Hall–Kier alpha value is -0.830. The van der Waals surface area contributed by atoms with E-state index in [4.69, 9.17) is 11.6 Å². The van der Waals surface area contributed by atoms with E-state index in [9.17, 15) is 4.39 Å². The van der Waals surface area contributed by atoms with Crippen LogP contribution in [0.15, 0.2) is 12.3 Å². The summed E-state index contributed by atoms with van der Waals surface area (Å²) in [5, 5.41) is 0.342. The van der Waals surface area contributed by atoms with Crippen molar-refractivity contribution in [3.05, 3.63) is 23.1 Å². The molecule has 1 heterocycles. The van der Waals surface area contributed by atoms with Crippen LogP contribution in [0.5, 0.6) is 0 Å². The van der Waals surface area contributed by atoms with E-state index in [1.165, 1.54) is 12.3 Å². The molecule has 0 aliphatic carbocycles. The van der Waals surface area contributed by atoms with Gasteiger partial charge in [0.25, 0.3) is 0 Å². The largest absolute Gasteiger partial charge is 0.354 e. The lowest BCUT2D eigenvalue weighted by molar-refractivity contribution is 0.522. The van der Waals surface area contributed by atoms with Gasteiger partial charge in [-0.15, -0.1) is 0 Å². The summed E-state index contributed by atoms with van der Waals surface area (Å²) in [5.74, 6) is 1.28. The summed E-state index contributed by atoms with van der Waals surface area (Å²) in [5.41, 5.74) is 0. The fourth-order valence-corrected chi connectivity index (χ4v) is 1.94. The fraction of sp³-hybridized carbons (Fsp3) is 0.667. The van der Waals surface area contributed by atoms with Gasteiger partial charge in [0.2, 0.25) is 0 Å². The van der Waals surface area contributed by atoms with E-state index < -0.39 is 0 Å². The van der Waals surface area contributed by atoms with Gasteiger partial charge in [-0.3, -0.25) is 0 Å². The number of hydrogen-bond acceptors (Lipinski definition) is 2. The van der Waals surface area contributed by atoms with Crippen LogP contribution in [0.4, 0.5) is 10.2 Å². The van der Waals surface area contributed by atoms with Crippen molar-refractivity contribution in [3.63, 3.8) is 0 Å². The summed E-state index contributed by atoms with van der Waals surface area (Å²) in [7, 11) is 0. The van der Waals surface area contributed by atoms with Crippen molar-refractivity contribution in [1.29, 1.82) is 0 Å². The molecule has 0 atom stereocenters. The van der Waals surface area contributed by atoms with Gasteiger partial charge in [0.1, 0.15) is 0 Å². The average Bonchev–Trinajstić information content (AvgIpc) is 2.30. The molecule has 0 aliphatic heterocycles. The lowest BCUT2D eigenvalue weighted by atomic mass is 10.1. The molecule has 0 saturated heterocycles. The molecule has 108 valence electrons. The van der Waals surface area contributed by atoms with Crippen molar-refractivity contribution >= 4 is 17.4 Å². The summed E-state index contributed by atoms with van der Waals surface area (Å²) >= 11 is 5.76. The van der Waals surface area contributed by atoms with Crippen LogP contribution < -0.4 is 4.90 Å². The van der Waals surface area contributed by atoms with E-state index in [0.29, 0.717) is 22.7 Å². The minimum atomic E-state index is -0.333. The van der Waals surface area contributed by atoms with Gasteiger partial charge in [-0.2, -0.15) is 0 Å². The van der Waals surface area contributed by atoms with Gasteiger partial charge < -0.3 is 4.90 Å². The second kappa shape index (κ2) is 7.68. The first kappa shape index (κ1) is 16.2. The molecule has 0 aromatic carbocycles.